The van der Waals surface area contributed by atoms with Gasteiger partial charge < -0.3 is 5.32 Å². The van der Waals surface area contributed by atoms with Crippen molar-refractivity contribution in [2.75, 3.05) is 5.32 Å². The second-order valence-electron chi connectivity index (χ2n) is 5.54. The minimum atomic E-state index is -0.333. The number of para-hydroxylation sites is 1. The lowest BCUT2D eigenvalue weighted by atomic mass is 10.1. The number of benzene rings is 3. The van der Waals surface area contributed by atoms with Gasteiger partial charge in [-0.05, 0) is 54.6 Å². The molecule has 0 saturated carbocycles. The zero-order valence-electron chi connectivity index (χ0n) is 14.5. The number of carbonyl (C=O) groups excluding carboxylic acids is 1. The highest BCUT2D eigenvalue weighted by atomic mass is 32.2. The number of hydrogen-bond acceptors (Lipinski definition) is 5. The molecule has 0 spiro atoms. The molecule has 5 nitrogen and oxygen atoms in total. The number of amides is 1. The zero-order chi connectivity index (χ0) is 19.8. The fraction of sp³-hybridized carbons (Fsp3) is 0. The molecule has 0 unspecified atom stereocenters. The van der Waals surface area contributed by atoms with Gasteiger partial charge in [0.15, 0.2) is 0 Å². The maximum Gasteiger partial charge on any atom is 0.255 e. The van der Waals surface area contributed by atoms with Crippen molar-refractivity contribution in [3.8, 4) is 11.8 Å². The Morgan fingerprint density at radius 3 is 2.46 bits per heavy atom. The number of anilines is 1. The van der Waals surface area contributed by atoms with E-state index >= 15 is 0 Å². The third-order valence-electron chi connectivity index (χ3n) is 3.62. The highest BCUT2D eigenvalue weighted by Gasteiger charge is 2.10. The quantitative estimate of drug-likeness (QED) is 0.292. The van der Waals surface area contributed by atoms with E-state index in [0.717, 1.165) is 12.0 Å². The largest absolute Gasteiger partial charge is 0.321 e. The fourth-order valence-electron chi connectivity index (χ4n) is 2.31. The van der Waals surface area contributed by atoms with Crippen LogP contribution in [0.5, 0.6) is 0 Å². The predicted molar refractivity (Wildman–Crippen MR) is 105 cm³/mol. The summed E-state index contributed by atoms with van der Waals surface area (Å²) in [5, 5.41) is 2.81. The number of hydrogen-bond donors (Lipinski definition) is 2. The molecule has 0 aliphatic carbocycles. The van der Waals surface area contributed by atoms with E-state index in [0.29, 0.717) is 27.3 Å². The molecule has 0 aliphatic rings. The first kappa shape index (κ1) is 19.6. The summed E-state index contributed by atoms with van der Waals surface area (Å²) in [7, 11) is 0. The molecule has 0 atom stereocenters. The summed E-state index contributed by atoms with van der Waals surface area (Å²) in [5.74, 6) is 10.1. The van der Waals surface area contributed by atoms with E-state index in [2.05, 4.69) is 26.5 Å². The summed E-state index contributed by atoms with van der Waals surface area (Å²) < 4.78 is 17.8. The van der Waals surface area contributed by atoms with E-state index in [1.165, 1.54) is 12.1 Å². The van der Waals surface area contributed by atoms with Crippen LogP contribution >= 0.6 is 12.0 Å². The third kappa shape index (κ3) is 5.42. The summed E-state index contributed by atoms with van der Waals surface area (Å²) in [4.78, 5) is 17.2. The average Bonchev–Trinajstić information content (AvgIpc) is 2.72. The van der Waals surface area contributed by atoms with Gasteiger partial charge in [-0.15, -0.1) is 9.32 Å². The van der Waals surface area contributed by atoms with Crippen molar-refractivity contribution in [3.63, 3.8) is 0 Å². The molecule has 3 aromatic rings. The molecule has 7 heteroatoms. The molecule has 0 heterocycles. The molecule has 3 rings (SSSR count). The Morgan fingerprint density at radius 2 is 1.71 bits per heavy atom. The molecule has 140 valence electrons. The van der Waals surface area contributed by atoms with Crippen LogP contribution in [0.3, 0.4) is 0 Å². The molecule has 0 radical (unpaired) electrons. The fourth-order valence-corrected chi connectivity index (χ4v) is 2.76. The van der Waals surface area contributed by atoms with Gasteiger partial charge in [0.1, 0.15) is 5.82 Å². The van der Waals surface area contributed by atoms with Crippen LogP contribution in [0, 0.1) is 17.7 Å². The van der Waals surface area contributed by atoms with E-state index < -0.39 is 0 Å². The molecule has 0 fully saturated rings. The third-order valence-corrected chi connectivity index (χ3v) is 4.30. The highest BCUT2D eigenvalue weighted by molar-refractivity contribution is 7.94. The van der Waals surface area contributed by atoms with Crippen LogP contribution in [0.4, 0.5) is 10.1 Å². The molecule has 0 bridgehead atoms. The molecule has 3 aromatic carbocycles. The van der Waals surface area contributed by atoms with Crippen LogP contribution in [-0.4, -0.2) is 5.91 Å². The van der Waals surface area contributed by atoms with Gasteiger partial charge in [0.2, 0.25) is 0 Å². The number of nitrogens with one attached hydrogen (secondary N) is 1. The van der Waals surface area contributed by atoms with E-state index in [1.54, 1.807) is 60.7 Å². The van der Waals surface area contributed by atoms with Crippen molar-refractivity contribution in [2.24, 2.45) is 5.90 Å². The van der Waals surface area contributed by atoms with Crippen molar-refractivity contribution in [1.82, 2.24) is 0 Å². The van der Waals surface area contributed by atoms with Crippen LogP contribution in [0.25, 0.3) is 0 Å². The Hall–Kier alpha value is -3.15. The van der Waals surface area contributed by atoms with Crippen LogP contribution in [0.15, 0.2) is 77.7 Å². The Bertz CT molecular complexity index is 1030. The normalized spacial score (nSPS) is 10.1. The van der Waals surface area contributed by atoms with E-state index in [-0.39, 0.29) is 11.7 Å². The molecule has 3 N–H and O–H groups in total. The van der Waals surface area contributed by atoms with Crippen molar-refractivity contribution >= 4 is 23.6 Å². The lowest BCUT2D eigenvalue weighted by Gasteiger charge is -2.09. The van der Waals surface area contributed by atoms with E-state index in [4.69, 9.17) is 5.90 Å². The van der Waals surface area contributed by atoms with Crippen LogP contribution < -0.4 is 11.2 Å². The first-order chi connectivity index (χ1) is 13.7. The lowest BCUT2D eigenvalue weighted by molar-refractivity contribution is -0.195. The maximum absolute atomic E-state index is 13.2. The summed E-state index contributed by atoms with van der Waals surface area (Å²) >= 11 is 0.885. The average molecular weight is 394 g/mol. The van der Waals surface area contributed by atoms with Crippen molar-refractivity contribution in [1.29, 1.82) is 0 Å². The molecule has 0 aromatic heterocycles. The topological polar surface area (TPSA) is 73.6 Å². The van der Waals surface area contributed by atoms with E-state index in [9.17, 15) is 9.18 Å². The smallest absolute Gasteiger partial charge is 0.255 e. The molecular weight excluding hydrogens is 379 g/mol. The Morgan fingerprint density at radius 1 is 0.964 bits per heavy atom. The Balaban J connectivity index is 1.69. The number of nitrogens with two attached hydrogens (primary N) is 1. The van der Waals surface area contributed by atoms with Crippen LogP contribution in [0.2, 0.25) is 0 Å². The van der Waals surface area contributed by atoms with Gasteiger partial charge in [-0.3, -0.25) is 4.79 Å². The highest BCUT2D eigenvalue weighted by Crippen LogP contribution is 2.27. The van der Waals surface area contributed by atoms with Crippen molar-refractivity contribution in [2.45, 2.75) is 4.90 Å². The zero-order valence-corrected chi connectivity index (χ0v) is 15.3. The van der Waals surface area contributed by atoms with Gasteiger partial charge in [0, 0.05) is 16.7 Å². The van der Waals surface area contributed by atoms with Gasteiger partial charge in [-0.1, -0.05) is 30.0 Å². The predicted octanol–water partition coefficient (Wildman–Crippen LogP) is 4.31. The molecule has 0 saturated heterocycles. The number of carbonyl (C=O) groups is 1. The first-order valence-electron chi connectivity index (χ1n) is 8.14. The SMILES string of the molecule is NOOSc1ccccc1NC(=O)c1ccc(C#Cc2cccc(F)c2)cc1. The summed E-state index contributed by atoms with van der Waals surface area (Å²) in [6.45, 7) is 0. The van der Waals surface area contributed by atoms with Crippen molar-refractivity contribution in [3.05, 3.63) is 95.3 Å². The monoisotopic (exact) mass is 394 g/mol. The molecule has 0 aliphatic heterocycles. The lowest BCUT2D eigenvalue weighted by Crippen LogP contribution is -2.12. The van der Waals surface area contributed by atoms with Gasteiger partial charge in [-0.25, -0.2) is 4.39 Å². The molecule has 1 amide bonds. The second-order valence-corrected chi connectivity index (χ2v) is 6.28. The van der Waals surface area contributed by atoms with Crippen molar-refractivity contribution < 1.29 is 18.5 Å². The van der Waals surface area contributed by atoms with Crippen LogP contribution in [-0.2, 0) is 9.32 Å². The number of rotatable bonds is 5. The standard InChI is InChI=1S/C21H15FN2O3S/c22-18-5-3-4-16(14-18)9-8-15-10-12-17(13-11-15)21(25)24-19-6-1-2-7-20(19)28-27-26-23/h1-7,10-14H,23H2,(H,24,25). The van der Waals surface area contributed by atoms with Crippen LogP contribution in [0.1, 0.15) is 21.5 Å². The Kier molecular flexibility index (Phi) is 6.78. The molecular formula is C21H15FN2O3S. The number of halogens is 1. The minimum absolute atomic E-state index is 0.286. The minimum Gasteiger partial charge on any atom is -0.321 e. The summed E-state index contributed by atoms with van der Waals surface area (Å²) in [6, 6.07) is 19.9. The summed E-state index contributed by atoms with van der Waals surface area (Å²) in [6.07, 6.45) is 0. The van der Waals surface area contributed by atoms with Gasteiger partial charge in [0.05, 0.1) is 22.6 Å². The first-order valence-corrected chi connectivity index (χ1v) is 8.88. The maximum atomic E-state index is 13.2. The van der Waals surface area contributed by atoms with Gasteiger partial charge in [-0.2, -0.15) is 5.90 Å². The molecule has 28 heavy (non-hydrogen) atoms. The summed E-state index contributed by atoms with van der Waals surface area (Å²) in [5.41, 5.74) is 2.32. The Labute approximate surface area is 165 Å². The van der Waals surface area contributed by atoms with E-state index in [1.807, 2.05) is 0 Å². The van der Waals surface area contributed by atoms with Gasteiger partial charge in [0.25, 0.3) is 5.91 Å². The second kappa shape index (κ2) is 9.69. The van der Waals surface area contributed by atoms with Gasteiger partial charge >= 0.3 is 0 Å².